The molecule has 1 saturated heterocycles. The molecular weight excluding hydrogens is 270 g/mol. The van der Waals surface area contributed by atoms with Crippen molar-refractivity contribution in [1.29, 1.82) is 0 Å². The van der Waals surface area contributed by atoms with Gasteiger partial charge in [-0.2, -0.15) is 0 Å². The summed E-state index contributed by atoms with van der Waals surface area (Å²) in [6.45, 7) is 5.10. The Morgan fingerprint density at radius 1 is 1.43 bits per heavy atom. The summed E-state index contributed by atoms with van der Waals surface area (Å²) in [5.74, 6) is 0. The Bertz CT molecular complexity index is 499. The van der Waals surface area contributed by atoms with Crippen LogP contribution < -0.4 is 4.90 Å². The van der Waals surface area contributed by atoms with E-state index in [-0.39, 0.29) is 17.2 Å². The molecular formula is C15H23N3O3. The number of benzene rings is 1. The Kier molecular flexibility index (Phi) is 5.14. The van der Waals surface area contributed by atoms with Crippen molar-refractivity contribution in [2.45, 2.75) is 32.4 Å². The third-order valence-electron chi connectivity index (χ3n) is 4.35. The predicted molar refractivity (Wildman–Crippen MR) is 82.6 cm³/mol. The average Bonchev–Trinajstić information content (AvgIpc) is 2.53. The van der Waals surface area contributed by atoms with Crippen LogP contribution in [0.25, 0.3) is 0 Å². The molecule has 1 aromatic rings. The van der Waals surface area contributed by atoms with E-state index in [1.54, 1.807) is 12.1 Å². The SMILES string of the molecule is CCN1CCC(N(C)c2ccc(CO)cc2[N+](=O)[O-])CC1. The van der Waals surface area contributed by atoms with Crippen LogP contribution in [0.4, 0.5) is 11.4 Å². The molecule has 0 aliphatic carbocycles. The molecule has 6 nitrogen and oxygen atoms in total. The van der Waals surface area contributed by atoms with Gasteiger partial charge >= 0.3 is 0 Å². The largest absolute Gasteiger partial charge is 0.392 e. The zero-order valence-electron chi connectivity index (χ0n) is 12.7. The number of hydrogen-bond donors (Lipinski definition) is 1. The summed E-state index contributed by atoms with van der Waals surface area (Å²) in [6.07, 6.45) is 2.03. The number of likely N-dealkylation sites (tertiary alicyclic amines) is 1. The average molecular weight is 293 g/mol. The number of piperidine rings is 1. The molecule has 0 amide bonds. The Morgan fingerprint density at radius 3 is 2.62 bits per heavy atom. The number of aliphatic hydroxyl groups excluding tert-OH is 1. The molecule has 0 aromatic heterocycles. The molecule has 1 aromatic carbocycles. The summed E-state index contributed by atoms with van der Waals surface area (Å²) in [4.78, 5) is 15.3. The second-order valence-corrected chi connectivity index (χ2v) is 5.51. The van der Waals surface area contributed by atoms with Crippen molar-refractivity contribution >= 4 is 11.4 Å². The van der Waals surface area contributed by atoms with E-state index in [0.29, 0.717) is 17.3 Å². The maximum Gasteiger partial charge on any atom is 0.292 e. The Labute approximate surface area is 125 Å². The molecule has 0 radical (unpaired) electrons. The van der Waals surface area contributed by atoms with E-state index in [9.17, 15) is 10.1 Å². The van der Waals surface area contributed by atoms with Gasteiger partial charge in [-0.05, 0) is 31.0 Å². The van der Waals surface area contributed by atoms with Crippen molar-refractivity contribution in [1.82, 2.24) is 4.90 Å². The topological polar surface area (TPSA) is 69.8 Å². The van der Waals surface area contributed by atoms with Crippen LogP contribution in [0.5, 0.6) is 0 Å². The van der Waals surface area contributed by atoms with Gasteiger partial charge in [-0.25, -0.2) is 0 Å². The van der Waals surface area contributed by atoms with Crippen LogP contribution in [-0.4, -0.2) is 47.7 Å². The lowest BCUT2D eigenvalue weighted by Crippen LogP contribution is -2.43. The molecule has 0 bridgehead atoms. The Balaban J connectivity index is 2.19. The minimum atomic E-state index is -0.369. The number of rotatable bonds is 5. The first-order valence-corrected chi connectivity index (χ1v) is 7.40. The van der Waals surface area contributed by atoms with Gasteiger partial charge in [-0.3, -0.25) is 10.1 Å². The van der Waals surface area contributed by atoms with E-state index >= 15 is 0 Å². The van der Waals surface area contributed by atoms with Crippen molar-refractivity contribution in [2.24, 2.45) is 0 Å². The normalized spacial score (nSPS) is 16.9. The fourth-order valence-corrected chi connectivity index (χ4v) is 2.93. The van der Waals surface area contributed by atoms with Gasteiger partial charge in [-0.15, -0.1) is 0 Å². The molecule has 0 unspecified atom stereocenters. The molecule has 1 heterocycles. The third-order valence-corrected chi connectivity index (χ3v) is 4.35. The first kappa shape index (κ1) is 15.7. The smallest absolute Gasteiger partial charge is 0.292 e. The molecule has 0 spiro atoms. The lowest BCUT2D eigenvalue weighted by Gasteiger charge is -2.37. The summed E-state index contributed by atoms with van der Waals surface area (Å²) < 4.78 is 0. The second-order valence-electron chi connectivity index (χ2n) is 5.51. The number of nitrogens with zero attached hydrogens (tertiary/aromatic N) is 3. The maximum absolute atomic E-state index is 11.3. The number of hydrogen-bond acceptors (Lipinski definition) is 5. The van der Waals surface area contributed by atoms with Crippen LogP contribution in [0.15, 0.2) is 18.2 Å². The number of nitro benzene ring substituents is 1. The minimum Gasteiger partial charge on any atom is -0.392 e. The van der Waals surface area contributed by atoms with Gasteiger partial charge in [0.15, 0.2) is 0 Å². The van der Waals surface area contributed by atoms with Crippen molar-refractivity contribution in [3.8, 4) is 0 Å². The van der Waals surface area contributed by atoms with Gasteiger partial charge in [-0.1, -0.05) is 13.0 Å². The van der Waals surface area contributed by atoms with Crippen molar-refractivity contribution < 1.29 is 10.0 Å². The fraction of sp³-hybridized carbons (Fsp3) is 0.600. The zero-order valence-corrected chi connectivity index (χ0v) is 12.7. The van der Waals surface area contributed by atoms with Gasteiger partial charge in [0.1, 0.15) is 5.69 Å². The molecule has 1 fully saturated rings. The fourth-order valence-electron chi connectivity index (χ4n) is 2.93. The highest BCUT2D eigenvalue weighted by Gasteiger charge is 2.26. The quantitative estimate of drug-likeness (QED) is 0.664. The van der Waals surface area contributed by atoms with Crippen molar-refractivity contribution in [2.75, 3.05) is 31.6 Å². The summed E-state index contributed by atoms with van der Waals surface area (Å²) >= 11 is 0. The van der Waals surface area contributed by atoms with Gasteiger partial charge in [0.05, 0.1) is 11.5 Å². The number of anilines is 1. The third kappa shape index (κ3) is 3.51. The molecule has 0 atom stereocenters. The molecule has 1 aliphatic heterocycles. The standard InChI is InChI=1S/C15H23N3O3/c1-3-17-8-6-13(7-9-17)16(2)14-5-4-12(11-19)10-15(14)18(20)21/h4-5,10,13,19H,3,6-9,11H2,1-2H3. The predicted octanol–water partition coefficient (Wildman–Crippen LogP) is 2.01. The molecule has 2 rings (SSSR count). The van der Waals surface area contributed by atoms with Gasteiger partial charge in [0.25, 0.3) is 5.69 Å². The molecule has 1 aliphatic rings. The lowest BCUT2D eigenvalue weighted by molar-refractivity contribution is -0.384. The van der Waals surface area contributed by atoms with Crippen molar-refractivity contribution in [3.05, 3.63) is 33.9 Å². The van der Waals surface area contributed by atoms with Crippen molar-refractivity contribution in [3.63, 3.8) is 0 Å². The maximum atomic E-state index is 11.3. The highest BCUT2D eigenvalue weighted by Crippen LogP contribution is 2.31. The monoisotopic (exact) mass is 293 g/mol. The summed E-state index contributed by atoms with van der Waals surface area (Å²) in [5, 5.41) is 20.4. The van der Waals surface area contributed by atoms with Crippen LogP contribution >= 0.6 is 0 Å². The second kappa shape index (κ2) is 6.87. The molecule has 116 valence electrons. The highest BCUT2D eigenvalue weighted by molar-refractivity contribution is 5.64. The molecule has 0 saturated carbocycles. The van der Waals surface area contributed by atoms with E-state index in [2.05, 4.69) is 11.8 Å². The summed E-state index contributed by atoms with van der Waals surface area (Å²) in [5.41, 5.74) is 1.27. The zero-order chi connectivity index (χ0) is 15.4. The number of aliphatic hydroxyl groups is 1. The van der Waals surface area contributed by atoms with Crippen LogP contribution in [-0.2, 0) is 6.61 Å². The highest BCUT2D eigenvalue weighted by atomic mass is 16.6. The van der Waals surface area contributed by atoms with Crippen LogP contribution in [0.3, 0.4) is 0 Å². The molecule has 21 heavy (non-hydrogen) atoms. The molecule has 6 heteroatoms. The first-order valence-electron chi connectivity index (χ1n) is 7.40. The lowest BCUT2D eigenvalue weighted by atomic mass is 10.0. The van der Waals surface area contributed by atoms with Crippen LogP contribution in [0, 0.1) is 10.1 Å². The van der Waals surface area contributed by atoms with Gasteiger partial charge < -0.3 is 14.9 Å². The Morgan fingerprint density at radius 2 is 2.10 bits per heavy atom. The summed E-state index contributed by atoms with van der Waals surface area (Å²) in [6, 6.07) is 5.29. The summed E-state index contributed by atoms with van der Waals surface area (Å²) in [7, 11) is 1.92. The Hall–Kier alpha value is -1.66. The van der Waals surface area contributed by atoms with Crippen LogP contribution in [0.1, 0.15) is 25.3 Å². The minimum absolute atomic E-state index is 0.0713. The van der Waals surface area contributed by atoms with E-state index < -0.39 is 0 Å². The molecule has 1 N–H and O–H groups in total. The first-order chi connectivity index (χ1) is 10.1. The number of nitro groups is 1. The van der Waals surface area contributed by atoms with Gasteiger partial charge in [0, 0.05) is 32.2 Å². The van der Waals surface area contributed by atoms with Gasteiger partial charge in [0.2, 0.25) is 0 Å². The van der Waals surface area contributed by atoms with Crippen LogP contribution in [0.2, 0.25) is 0 Å². The van der Waals surface area contributed by atoms with E-state index in [1.165, 1.54) is 6.07 Å². The van der Waals surface area contributed by atoms with E-state index in [0.717, 1.165) is 32.5 Å². The van der Waals surface area contributed by atoms with E-state index in [1.807, 2.05) is 11.9 Å². The van der Waals surface area contributed by atoms with E-state index in [4.69, 9.17) is 5.11 Å².